The van der Waals surface area contributed by atoms with Gasteiger partial charge in [-0.3, -0.25) is 4.79 Å². The molecule has 2 rings (SSSR count). The summed E-state index contributed by atoms with van der Waals surface area (Å²) in [5.41, 5.74) is 0.156. The van der Waals surface area contributed by atoms with Gasteiger partial charge in [-0.1, -0.05) is 0 Å². The molecule has 1 heterocycles. The van der Waals surface area contributed by atoms with E-state index in [4.69, 9.17) is 0 Å². The van der Waals surface area contributed by atoms with Crippen LogP contribution in [-0.4, -0.2) is 42.1 Å². The Bertz CT molecular complexity index is 408. The van der Waals surface area contributed by atoms with Crippen LogP contribution in [0.5, 0.6) is 5.75 Å². The van der Waals surface area contributed by atoms with E-state index < -0.39 is 5.82 Å². The van der Waals surface area contributed by atoms with E-state index in [1.54, 1.807) is 4.90 Å². The minimum absolute atomic E-state index is 0. The number of nitrogens with one attached hydrogen (secondary N) is 1. The molecule has 4 nitrogen and oxygen atoms in total. The van der Waals surface area contributed by atoms with Gasteiger partial charge in [0.2, 0.25) is 0 Å². The summed E-state index contributed by atoms with van der Waals surface area (Å²) < 4.78 is 12.8. The maximum Gasteiger partial charge on any atom is 0.257 e. The Morgan fingerprint density at radius 2 is 2.00 bits per heavy atom. The number of carbonyl (C=O) groups excluding carboxylic acids is 1. The van der Waals surface area contributed by atoms with E-state index in [2.05, 4.69) is 5.32 Å². The Morgan fingerprint density at radius 3 is 2.59 bits per heavy atom. The van der Waals surface area contributed by atoms with Crippen LogP contribution >= 0.6 is 12.4 Å². The van der Waals surface area contributed by atoms with Crippen molar-refractivity contribution in [1.82, 2.24) is 10.2 Å². The number of benzene rings is 1. The van der Waals surface area contributed by atoms with Gasteiger partial charge in [-0.05, 0) is 12.1 Å². The maximum atomic E-state index is 12.8. The molecule has 0 unspecified atom stereocenters. The van der Waals surface area contributed by atoms with Crippen molar-refractivity contribution in [2.24, 2.45) is 0 Å². The third-order valence-electron chi connectivity index (χ3n) is 2.59. The molecule has 0 radical (unpaired) electrons. The van der Waals surface area contributed by atoms with E-state index in [0.717, 1.165) is 19.2 Å². The Labute approximate surface area is 105 Å². The summed E-state index contributed by atoms with van der Waals surface area (Å²) >= 11 is 0. The molecule has 0 saturated carbocycles. The highest BCUT2D eigenvalue weighted by Crippen LogP contribution is 2.20. The molecule has 1 amide bonds. The zero-order chi connectivity index (χ0) is 11.5. The maximum absolute atomic E-state index is 12.8. The molecule has 0 atom stereocenters. The molecule has 1 aliphatic heterocycles. The minimum atomic E-state index is -0.547. The van der Waals surface area contributed by atoms with Gasteiger partial charge >= 0.3 is 0 Å². The molecule has 1 aliphatic rings. The average molecular weight is 261 g/mol. The summed E-state index contributed by atoms with van der Waals surface area (Å²) in [4.78, 5) is 13.6. The fourth-order valence-electron chi connectivity index (χ4n) is 1.72. The lowest BCUT2D eigenvalue weighted by Crippen LogP contribution is -2.46. The number of phenolic OH excluding ortho intramolecular Hbond substituents is 1. The summed E-state index contributed by atoms with van der Waals surface area (Å²) in [7, 11) is 0. The lowest BCUT2D eigenvalue weighted by atomic mass is 10.1. The van der Waals surface area contributed by atoms with Crippen LogP contribution in [0.4, 0.5) is 4.39 Å². The predicted molar refractivity (Wildman–Crippen MR) is 64.1 cm³/mol. The van der Waals surface area contributed by atoms with Gasteiger partial charge in [0.1, 0.15) is 11.6 Å². The number of aromatic hydroxyl groups is 1. The molecule has 2 N–H and O–H groups in total. The molecule has 1 aromatic carbocycles. The zero-order valence-corrected chi connectivity index (χ0v) is 9.97. The van der Waals surface area contributed by atoms with Gasteiger partial charge < -0.3 is 15.3 Å². The van der Waals surface area contributed by atoms with Crippen molar-refractivity contribution in [2.45, 2.75) is 0 Å². The Morgan fingerprint density at radius 1 is 1.35 bits per heavy atom. The number of hydrogen-bond donors (Lipinski definition) is 2. The molecule has 17 heavy (non-hydrogen) atoms. The van der Waals surface area contributed by atoms with Crippen molar-refractivity contribution in [3.63, 3.8) is 0 Å². The largest absolute Gasteiger partial charge is 0.507 e. The van der Waals surface area contributed by atoms with Gasteiger partial charge in [0, 0.05) is 32.2 Å². The van der Waals surface area contributed by atoms with Crippen LogP contribution in [0, 0.1) is 5.82 Å². The fraction of sp³-hybridized carbons (Fsp3) is 0.364. The Balaban J connectivity index is 0.00000144. The molecule has 0 bridgehead atoms. The van der Waals surface area contributed by atoms with E-state index in [-0.39, 0.29) is 29.6 Å². The first-order chi connectivity index (χ1) is 7.68. The highest BCUT2D eigenvalue weighted by atomic mass is 35.5. The van der Waals surface area contributed by atoms with Gasteiger partial charge in [0.05, 0.1) is 5.56 Å². The van der Waals surface area contributed by atoms with Gasteiger partial charge in [0.15, 0.2) is 0 Å². The molecular weight excluding hydrogens is 247 g/mol. The normalized spacial score (nSPS) is 15.2. The number of rotatable bonds is 1. The third kappa shape index (κ3) is 3.08. The topological polar surface area (TPSA) is 52.6 Å². The first-order valence-corrected chi connectivity index (χ1v) is 5.17. The standard InChI is InChI=1S/C11H13FN2O2.ClH/c12-8-1-2-9(10(15)7-8)11(16)14-5-3-13-4-6-14;/h1-2,7,13,15H,3-6H2;1H. The molecule has 0 aliphatic carbocycles. The van der Waals surface area contributed by atoms with E-state index in [1.165, 1.54) is 12.1 Å². The quantitative estimate of drug-likeness (QED) is 0.792. The van der Waals surface area contributed by atoms with Gasteiger partial charge in [0.25, 0.3) is 5.91 Å². The summed E-state index contributed by atoms with van der Waals surface area (Å²) in [6.45, 7) is 2.70. The molecule has 1 saturated heterocycles. The molecular formula is C11H14ClFN2O2. The Kier molecular flexibility index (Phi) is 4.72. The van der Waals surface area contributed by atoms with Crippen LogP contribution in [0.3, 0.4) is 0 Å². The van der Waals surface area contributed by atoms with Gasteiger partial charge in [-0.15, -0.1) is 12.4 Å². The smallest absolute Gasteiger partial charge is 0.257 e. The van der Waals surface area contributed by atoms with Crippen molar-refractivity contribution in [2.75, 3.05) is 26.2 Å². The highest BCUT2D eigenvalue weighted by Gasteiger charge is 2.20. The van der Waals surface area contributed by atoms with E-state index >= 15 is 0 Å². The second-order valence-electron chi connectivity index (χ2n) is 3.70. The number of piperazine rings is 1. The monoisotopic (exact) mass is 260 g/mol. The van der Waals surface area contributed by atoms with E-state index in [9.17, 15) is 14.3 Å². The molecule has 94 valence electrons. The summed E-state index contributed by atoms with van der Waals surface area (Å²) in [5, 5.41) is 12.6. The van der Waals surface area contributed by atoms with E-state index in [0.29, 0.717) is 13.1 Å². The van der Waals surface area contributed by atoms with Crippen LogP contribution in [0.2, 0.25) is 0 Å². The number of carbonyl (C=O) groups is 1. The average Bonchev–Trinajstić information content (AvgIpc) is 2.29. The zero-order valence-electron chi connectivity index (χ0n) is 9.15. The van der Waals surface area contributed by atoms with Gasteiger partial charge in [-0.2, -0.15) is 0 Å². The number of halogens is 2. The second kappa shape index (κ2) is 5.84. The van der Waals surface area contributed by atoms with Gasteiger partial charge in [-0.25, -0.2) is 4.39 Å². The SMILES string of the molecule is Cl.O=C(c1ccc(F)cc1O)N1CCNCC1. The molecule has 1 aromatic rings. The van der Waals surface area contributed by atoms with Crippen molar-refractivity contribution >= 4 is 18.3 Å². The Hall–Kier alpha value is -1.33. The lowest BCUT2D eigenvalue weighted by Gasteiger charge is -2.27. The number of amides is 1. The molecule has 0 aromatic heterocycles. The van der Waals surface area contributed by atoms with Crippen LogP contribution in [0.25, 0.3) is 0 Å². The predicted octanol–water partition coefficient (Wildman–Crippen LogP) is 0.999. The first kappa shape index (κ1) is 13.7. The van der Waals surface area contributed by atoms with Crippen molar-refractivity contribution < 1.29 is 14.3 Å². The van der Waals surface area contributed by atoms with Crippen LogP contribution in [-0.2, 0) is 0 Å². The molecule has 1 fully saturated rings. The van der Waals surface area contributed by atoms with E-state index in [1.807, 2.05) is 0 Å². The fourth-order valence-corrected chi connectivity index (χ4v) is 1.72. The number of nitrogens with zero attached hydrogens (tertiary/aromatic N) is 1. The van der Waals surface area contributed by atoms with Crippen LogP contribution in [0.15, 0.2) is 18.2 Å². The number of hydrogen-bond acceptors (Lipinski definition) is 3. The minimum Gasteiger partial charge on any atom is -0.507 e. The molecule has 6 heteroatoms. The third-order valence-corrected chi connectivity index (χ3v) is 2.59. The van der Waals surface area contributed by atoms with Crippen LogP contribution in [0.1, 0.15) is 10.4 Å². The summed E-state index contributed by atoms with van der Waals surface area (Å²) in [6, 6.07) is 3.44. The first-order valence-electron chi connectivity index (χ1n) is 5.17. The molecule has 0 spiro atoms. The van der Waals surface area contributed by atoms with Crippen LogP contribution < -0.4 is 5.32 Å². The second-order valence-corrected chi connectivity index (χ2v) is 3.70. The number of phenols is 1. The summed E-state index contributed by atoms with van der Waals surface area (Å²) in [6.07, 6.45) is 0. The van der Waals surface area contributed by atoms with Crippen molar-refractivity contribution in [3.8, 4) is 5.75 Å². The van der Waals surface area contributed by atoms with Crippen molar-refractivity contribution in [1.29, 1.82) is 0 Å². The summed E-state index contributed by atoms with van der Waals surface area (Å²) in [5.74, 6) is -1.10. The highest BCUT2D eigenvalue weighted by molar-refractivity contribution is 5.96. The lowest BCUT2D eigenvalue weighted by molar-refractivity contribution is 0.0732. The van der Waals surface area contributed by atoms with Crippen molar-refractivity contribution in [3.05, 3.63) is 29.6 Å².